The van der Waals surface area contributed by atoms with Crippen LogP contribution in [-0.4, -0.2) is 46.7 Å². The number of aldehydes is 2. The molecule has 0 atom stereocenters. The van der Waals surface area contributed by atoms with E-state index in [1.165, 1.54) is 0 Å². The van der Waals surface area contributed by atoms with E-state index in [1.807, 2.05) is 0 Å². The Hall–Kier alpha value is -3.94. The number of rotatable bonds is 6. The maximum Gasteiger partial charge on any atom is 0.166 e. The van der Waals surface area contributed by atoms with Crippen LogP contribution in [0.5, 0.6) is 11.5 Å². The van der Waals surface area contributed by atoms with Gasteiger partial charge in [-0.25, -0.2) is 9.97 Å². The number of hydrogen-bond acceptors (Lipinski definition) is 6. The minimum absolute atomic E-state index is 0.426. The SMILES string of the molecule is COc1cc2nc(-c3ccc(C=O)[nH]3)c(-c3ccc(C=O)[nH]3)nc2cc1OC. The Bertz CT molecular complexity index is 1100. The summed E-state index contributed by atoms with van der Waals surface area (Å²) in [6.07, 6.45) is 1.45. The molecule has 0 aliphatic heterocycles. The molecule has 0 amide bonds. The van der Waals surface area contributed by atoms with Gasteiger partial charge in [0, 0.05) is 12.1 Å². The molecule has 0 bridgehead atoms. The quantitative estimate of drug-likeness (QED) is 0.500. The van der Waals surface area contributed by atoms with Crippen LogP contribution >= 0.6 is 0 Å². The van der Waals surface area contributed by atoms with Crippen LogP contribution in [0.3, 0.4) is 0 Å². The van der Waals surface area contributed by atoms with Gasteiger partial charge in [-0.2, -0.15) is 0 Å². The number of aromatic nitrogens is 4. The van der Waals surface area contributed by atoms with Gasteiger partial charge in [0.05, 0.1) is 48.0 Å². The van der Waals surface area contributed by atoms with E-state index in [0.717, 1.165) is 12.6 Å². The molecular weight excluding hydrogens is 360 g/mol. The summed E-state index contributed by atoms with van der Waals surface area (Å²) >= 11 is 0. The zero-order valence-electron chi connectivity index (χ0n) is 15.1. The van der Waals surface area contributed by atoms with Gasteiger partial charge in [0.25, 0.3) is 0 Å². The molecule has 3 aromatic heterocycles. The standard InChI is InChI=1S/C20H16N4O4/c1-27-17-7-15-16(8-18(17)28-2)24-20(14-6-4-12(10-26)22-14)19(23-15)13-5-3-11(9-25)21-13/h3-10,21-22H,1-2H3. The minimum Gasteiger partial charge on any atom is -0.493 e. The zero-order chi connectivity index (χ0) is 19.7. The van der Waals surface area contributed by atoms with Crippen molar-refractivity contribution in [3.8, 4) is 34.3 Å². The zero-order valence-corrected chi connectivity index (χ0v) is 15.1. The summed E-state index contributed by atoms with van der Waals surface area (Å²) in [5, 5.41) is 0. The van der Waals surface area contributed by atoms with Crippen LogP contribution in [0.2, 0.25) is 0 Å². The van der Waals surface area contributed by atoms with Crippen LogP contribution in [0.25, 0.3) is 33.8 Å². The molecule has 140 valence electrons. The number of benzene rings is 1. The van der Waals surface area contributed by atoms with Gasteiger partial charge < -0.3 is 19.4 Å². The highest BCUT2D eigenvalue weighted by Gasteiger charge is 2.18. The summed E-state index contributed by atoms with van der Waals surface area (Å²) < 4.78 is 10.7. The highest BCUT2D eigenvalue weighted by Crippen LogP contribution is 2.35. The number of nitrogens with zero attached hydrogens (tertiary/aromatic N) is 2. The van der Waals surface area contributed by atoms with Gasteiger partial charge in [-0.05, 0) is 24.3 Å². The molecule has 0 spiro atoms. The molecule has 0 aliphatic carbocycles. The molecule has 0 unspecified atom stereocenters. The molecule has 0 saturated heterocycles. The van der Waals surface area contributed by atoms with Gasteiger partial charge in [0.15, 0.2) is 24.1 Å². The van der Waals surface area contributed by atoms with Crippen molar-refractivity contribution in [2.24, 2.45) is 0 Å². The average Bonchev–Trinajstić information content (AvgIpc) is 3.41. The van der Waals surface area contributed by atoms with Gasteiger partial charge in [-0.15, -0.1) is 0 Å². The van der Waals surface area contributed by atoms with Crippen molar-refractivity contribution in [3.63, 3.8) is 0 Å². The lowest BCUT2D eigenvalue weighted by molar-refractivity contribution is 0.111. The predicted octanol–water partition coefficient (Wildman–Crippen LogP) is 3.26. The van der Waals surface area contributed by atoms with E-state index in [0.29, 0.717) is 56.7 Å². The lowest BCUT2D eigenvalue weighted by atomic mass is 10.1. The van der Waals surface area contributed by atoms with Gasteiger partial charge in [0.1, 0.15) is 11.4 Å². The van der Waals surface area contributed by atoms with E-state index >= 15 is 0 Å². The smallest absolute Gasteiger partial charge is 0.166 e. The topological polar surface area (TPSA) is 110 Å². The van der Waals surface area contributed by atoms with E-state index in [1.54, 1.807) is 50.6 Å². The number of nitrogens with one attached hydrogen (secondary N) is 2. The largest absolute Gasteiger partial charge is 0.493 e. The van der Waals surface area contributed by atoms with E-state index in [2.05, 4.69) is 9.97 Å². The summed E-state index contributed by atoms with van der Waals surface area (Å²) in [6, 6.07) is 10.3. The average molecular weight is 376 g/mol. The first-order valence-corrected chi connectivity index (χ1v) is 8.39. The highest BCUT2D eigenvalue weighted by atomic mass is 16.5. The summed E-state index contributed by atoms with van der Waals surface area (Å²) in [5.41, 5.74) is 4.37. The van der Waals surface area contributed by atoms with Gasteiger partial charge in [-0.3, -0.25) is 9.59 Å². The van der Waals surface area contributed by atoms with E-state index in [9.17, 15) is 9.59 Å². The molecule has 28 heavy (non-hydrogen) atoms. The Morgan fingerprint density at radius 3 is 1.50 bits per heavy atom. The van der Waals surface area contributed by atoms with Crippen molar-refractivity contribution in [2.45, 2.75) is 0 Å². The van der Waals surface area contributed by atoms with Crippen LogP contribution in [0.1, 0.15) is 21.0 Å². The summed E-state index contributed by atoms with van der Waals surface area (Å²) in [5.74, 6) is 1.07. The highest BCUT2D eigenvalue weighted by molar-refractivity contribution is 5.88. The van der Waals surface area contributed by atoms with Crippen molar-refractivity contribution in [3.05, 3.63) is 47.8 Å². The third kappa shape index (κ3) is 2.90. The molecule has 2 N–H and O–H groups in total. The Morgan fingerprint density at radius 2 is 1.18 bits per heavy atom. The molecule has 4 rings (SSSR count). The summed E-state index contributed by atoms with van der Waals surface area (Å²) in [6.45, 7) is 0. The number of methoxy groups -OCH3 is 2. The van der Waals surface area contributed by atoms with E-state index < -0.39 is 0 Å². The third-order valence-corrected chi connectivity index (χ3v) is 4.35. The molecule has 0 radical (unpaired) electrons. The van der Waals surface area contributed by atoms with E-state index in [-0.39, 0.29) is 0 Å². The fraction of sp³-hybridized carbons (Fsp3) is 0.100. The molecule has 0 aliphatic rings. The maximum atomic E-state index is 11.1. The number of fused-ring (bicyclic) bond motifs is 1. The van der Waals surface area contributed by atoms with Crippen LogP contribution in [0.4, 0.5) is 0 Å². The molecular formula is C20H16N4O4. The summed E-state index contributed by atoms with van der Waals surface area (Å²) in [4.78, 5) is 37.6. The van der Waals surface area contributed by atoms with Crippen molar-refractivity contribution in [1.29, 1.82) is 0 Å². The molecule has 8 heteroatoms. The van der Waals surface area contributed by atoms with Crippen LogP contribution in [-0.2, 0) is 0 Å². The minimum atomic E-state index is 0.426. The first-order chi connectivity index (χ1) is 13.7. The molecule has 0 fully saturated rings. The number of aromatic amines is 2. The second kappa shape index (κ2) is 6.99. The Labute approximate surface area is 159 Å². The Kier molecular flexibility index (Phi) is 4.36. The molecule has 1 aromatic carbocycles. The predicted molar refractivity (Wildman–Crippen MR) is 103 cm³/mol. The number of hydrogen-bond donors (Lipinski definition) is 2. The molecule has 0 saturated carbocycles. The first-order valence-electron chi connectivity index (χ1n) is 8.39. The Morgan fingerprint density at radius 1 is 0.750 bits per heavy atom. The van der Waals surface area contributed by atoms with Crippen molar-refractivity contribution in [2.75, 3.05) is 14.2 Å². The Balaban J connectivity index is 2.00. The van der Waals surface area contributed by atoms with Crippen LogP contribution in [0, 0.1) is 0 Å². The summed E-state index contributed by atoms with van der Waals surface area (Å²) in [7, 11) is 3.10. The second-order valence-electron chi connectivity index (χ2n) is 6.01. The number of H-pyrrole nitrogens is 2. The second-order valence-corrected chi connectivity index (χ2v) is 6.01. The van der Waals surface area contributed by atoms with Crippen molar-refractivity contribution in [1.82, 2.24) is 19.9 Å². The van der Waals surface area contributed by atoms with Gasteiger partial charge in [0.2, 0.25) is 0 Å². The fourth-order valence-corrected chi connectivity index (χ4v) is 3.00. The monoisotopic (exact) mass is 376 g/mol. The van der Waals surface area contributed by atoms with Crippen LogP contribution < -0.4 is 9.47 Å². The van der Waals surface area contributed by atoms with Gasteiger partial charge in [-0.1, -0.05) is 0 Å². The normalized spacial score (nSPS) is 10.8. The maximum absolute atomic E-state index is 11.1. The van der Waals surface area contributed by atoms with Crippen molar-refractivity contribution < 1.29 is 19.1 Å². The number of carbonyl (C=O) groups is 2. The lowest BCUT2D eigenvalue weighted by Gasteiger charge is -2.11. The molecule has 8 nitrogen and oxygen atoms in total. The third-order valence-electron chi connectivity index (χ3n) is 4.35. The van der Waals surface area contributed by atoms with E-state index in [4.69, 9.17) is 19.4 Å². The van der Waals surface area contributed by atoms with Gasteiger partial charge >= 0.3 is 0 Å². The number of ether oxygens (including phenoxy) is 2. The van der Waals surface area contributed by atoms with Crippen LogP contribution in [0.15, 0.2) is 36.4 Å². The first kappa shape index (κ1) is 17.5. The lowest BCUT2D eigenvalue weighted by Crippen LogP contribution is -1.98. The molecule has 3 heterocycles. The molecule has 4 aromatic rings. The fourth-order valence-electron chi connectivity index (χ4n) is 3.00. The van der Waals surface area contributed by atoms with Crippen molar-refractivity contribution >= 4 is 23.6 Å². The number of carbonyl (C=O) groups excluding carboxylic acids is 2.